The van der Waals surface area contributed by atoms with E-state index in [0.29, 0.717) is 10.7 Å². The molecule has 2 N–H and O–H groups in total. The molecule has 0 fully saturated rings. The van der Waals surface area contributed by atoms with Gasteiger partial charge in [0.25, 0.3) is 10.0 Å². The number of aromatic nitrogens is 1. The summed E-state index contributed by atoms with van der Waals surface area (Å²) in [6, 6.07) is 10.4. The van der Waals surface area contributed by atoms with Crippen LogP contribution in [0.1, 0.15) is 6.92 Å². The van der Waals surface area contributed by atoms with Gasteiger partial charge in [0.15, 0.2) is 5.13 Å². The first-order valence-electron chi connectivity index (χ1n) is 9.05. The summed E-state index contributed by atoms with van der Waals surface area (Å²) < 4.78 is 52.8. The van der Waals surface area contributed by atoms with Crippen LogP contribution >= 0.6 is 22.9 Å². The number of hydrogen-bond donors (Lipinski definition) is 2. The molecule has 2 aromatic carbocycles. The van der Waals surface area contributed by atoms with Gasteiger partial charge >= 0.3 is 0 Å². The summed E-state index contributed by atoms with van der Waals surface area (Å²) in [4.78, 5) is 16.6. The number of hydrogen-bond acceptors (Lipinski definition) is 7. The molecule has 32 heavy (non-hydrogen) atoms. The second kappa shape index (κ2) is 9.45. The highest BCUT2D eigenvalue weighted by atomic mass is 35.5. The van der Waals surface area contributed by atoms with Crippen LogP contribution in [0.2, 0.25) is 5.02 Å². The SMILES string of the molecule is C[C@H](C(=O)Nc1ccc(S(=O)(=O)Nc2nccs2)cc1)N(c1ccc(Cl)cc1)S(C)(=O)=O. The van der Waals surface area contributed by atoms with Gasteiger partial charge < -0.3 is 5.32 Å². The number of thiazole rings is 1. The summed E-state index contributed by atoms with van der Waals surface area (Å²) in [6.07, 6.45) is 2.48. The van der Waals surface area contributed by atoms with Crippen LogP contribution in [0.4, 0.5) is 16.5 Å². The quantitative estimate of drug-likeness (QED) is 0.474. The van der Waals surface area contributed by atoms with Gasteiger partial charge in [0.1, 0.15) is 6.04 Å². The zero-order valence-electron chi connectivity index (χ0n) is 16.9. The molecule has 1 atom stereocenters. The minimum atomic E-state index is -3.83. The molecule has 0 aliphatic carbocycles. The van der Waals surface area contributed by atoms with E-state index in [0.717, 1.165) is 21.9 Å². The number of amides is 1. The summed E-state index contributed by atoms with van der Waals surface area (Å²) in [6.45, 7) is 1.45. The predicted octanol–water partition coefficient (Wildman–Crippen LogP) is 3.39. The Morgan fingerprint density at radius 1 is 1.06 bits per heavy atom. The van der Waals surface area contributed by atoms with Gasteiger partial charge in [-0.25, -0.2) is 21.8 Å². The molecule has 0 saturated carbocycles. The van der Waals surface area contributed by atoms with Crippen molar-refractivity contribution in [2.75, 3.05) is 20.6 Å². The van der Waals surface area contributed by atoms with Crippen molar-refractivity contribution in [3.05, 3.63) is 65.1 Å². The number of benzene rings is 2. The molecular formula is C19H19ClN4O5S3. The Morgan fingerprint density at radius 2 is 1.69 bits per heavy atom. The average Bonchev–Trinajstić information content (AvgIpc) is 3.21. The van der Waals surface area contributed by atoms with Crippen molar-refractivity contribution in [1.82, 2.24) is 4.98 Å². The molecule has 13 heteroatoms. The Morgan fingerprint density at radius 3 is 2.22 bits per heavy atom. The molecule has 3 aromatic rings. The molecule has 1 aromatic heterocycles. The lowest BCUT2D eigenvalue weighted by atomic mass is 10.2. The third-order valence-corrected chi connectivity index (χ3v) is 7.92. The number of rotatable bonds is 8. The second-order valence-corrected chi connectivity index (χ2v) is 11.5. The Balaban J connectivity index is 1.76. The molecule has 0 aliphatic heterocycles. The van der Waals surface area contributed by atoms with Gasteiger partial charge in [0, 0.05) is 22.3 Å². The first-order valence-corrected chi connectivity index (χ1v) is 13.6. The van der Waals surface area contributed by atoms with Crippen LogP contribution in [0.15, 0.2) is 65.0 Å². The van der Waals surface area contributed by atoms with Crippen LogP contribution in [-0.4, -0.2) is 40.0 Å². The highest BCUT2D eigenvalue weighted by Crippen LogP contribution is 2.24. The summed E-state index contributed by atoms with van der Waals surface area (Å²) in [5, 5.41) is 4.91. The Kier molecular flexibility index (Phi) is 7.08. The summed E-state index contributed by atoms with van der Waals surface area (Å²) in [7, 11) is -7.61. The fraction of sp³-hybridized carbons (Fsp3) is 0.158. The van der Waals surface area contributed by atoms with E-state index in [9.17, 15) is 21.6 Å². The van der Waals surface area contributed by atoms with Gasteiger partial charge in [-0.2, -0.15) is 0 Å². The van der Waals surface area contributed by atoms with E-state index in [4.69, 9.17) is 11.6 Å². The zero-order valence-corrected chi connectivity index (χ0v) is 20.1. The lowest BCUT2D eigenvalue weighted by Crippen LogP contribution is -2.45. The summed E-state index contributed by atoms with van der Waals surface area (Å²) in [5.74, 6) is -0.595. The van der Waals surface area contributed by atoms with E-state index in [2.05, 4.69) is 15.0 Å². The number of carbonyl (C=O) groups excluding carboxylic acids is 1. The van der Waals surface area contributed by atoms with Crippen LogP contribution in [0.25, 0.3) is 0 Å². The third-order valence-electron chi connectivity index (χ3n) is 4.26. The van der Waals surface area contributed by atoms with Crippen LogP contribution in [0.3, 0.4) is 0 Å². The fourth-order valence-electron chi connectivity index (χ4n) is 2.81. The Bertz CT molecular complexity index is 1290. The summed E-state index contributed by atoms with van der Waals surface area (Å²) in [5.41, 5.74) is 0.592. The lowest BCUT2D eigenvalue weighted by Gasteiger charge is -2.28. The molecule has 3 rings (SSSR count). The minimum Gasteiger partial charge on any atom is -0.324 e. The van der Waals surface area contributed by atoms with Crippen molar-refractivity contribution in [2.24, 2.45) is 0 Å². The zero-order chi connectivity index (χ0) is 23.5. The highest BCUT2D eigenvalue weighted by Gasteiger charge is 2.29. The molecule has 1 heterocycles. The van der Waals surface area contributed by atoms with Crippen molar-refractivity contribution in [1.29, 1.82) is 0 Å². The largest absolute Gasteiger partial charge is 0.324 e. The van der Waals surface area contributed by atoms with Crippen LogP contribution in [0, 0.1) is 0 Å². The van der Waals surface area contributed by atoms with Crippen LogP contribution in [-0.2, 0) is 24.8 Å². The Labute approximate surface area is 195 Å². The maximum atomic E-state index is 12.8. The fourth-order valence-corrected chi connectivity index (χ4v) is 5.90. The van der Waals surface area contributed by atoms with Gasteiger partial charge in [0.2, 0.25) is 15.9 Å². The van der Waals surface area contributed by atoms with E-state index in [-0.39, 0.29) is 15.7 Å². The first kappa shape index (κ1) is 24.0. The molecular weight excluding hydrogens is 496 g/mol. The van der Waals surface area contributed by atoms with Gasteiger partial charge in [-0.05, 0) is 55.5 Å². The van der Waals surface area contributed by atoms with E-state index in [1.807, 2.05) is 0 Å². The van der Waals surface area contributed by atoms with E-state index in [1.165, 1.54) is 61.7 Å². The minimum absolute atomic E-state index is 0.0160. The van der Waals surface area contributed by atoms with Crippen molar-refractivity contribution in [2.45, 2.75) is 17.9 Å². The van der Waals surface area contributed by atoms with Gasteiger partial charge in [0.05, 0.1) is 16.8 Å². The smallest absolute Gasteiger partial charge is 0.263 e. The maximum Gasteiger partial charge on any atom is 0.263 e. The number of nitrogens with zero attached hydrogens (tertiary/aromatic N) is 2. The molecule has 0 saturated heterocycles. The van der Waals surface area contributed by atoms with Crippen molar-refractivity contribution in [3.8, 4) is 0 Å². The van der Waals surface area contributed by atoms with E-state index >= 15 is 0 Å². The first-order chi connectivity index (χ1) is 15.0. The second-order valence-electron chi connectivity index (χ2n) is 6.67. The van der Waals surface area contributed by atoms with Gasteiger partial charge in [-0.3, -0.25) is 13.8 Å². The molecule has 0 bridgehead atoms. The topological polar surface area (TPSA) is 126 Å². The number of halogens is 1. The van der Waals surface area contributed by atoms with E-state index in [1.54, 1.807) is 5.38 Å². The molecule has 170 valence electrons. The van der Waals surface area contributed by atoms with Gasteiger partial charge in [-0.15, -0.1) is 11.3 Å². The highest BCUT2D eigenvalue weighted by molar-refractivity contribution is 7.93. The molecule has 0 aliphatic rings. The van der Waals surface area contributed by atoms with Crippen molar-refractivity contribution >= 4 is 65.4 Å². The standard InChI is InChI=1S/C19H19ClN4O5S3/c1-13(24(31(2,26)27)16-7-3-14(20)4-8-16)18(25)22-15-5-9-17(10-6-15)32(28,29)23-19-21-11-12-30-19/h3-13H,1-2H3,(H,21,23)(H,22,25)/t13-/m1/s1. The monoisotopic (exact) mass is 514 g/mol. The van der Waals surface area contributed by atoms with E-state index < -0.39 is 32.0 Å². The maximum absolute atomic E-state index is 12.8. The average molecular weight is 515 g/mol. The molecule has 0 unspecified atom stereocenters. The van der Waals surface area contributed by atoms with Gasteiger partial charge in [-0.1, -0.05) is 11.6 Å². The Hall–Kier alpha value is -2.67. The van der Waals surface area contributed by atoms with Crippen molar-refractivity contribution < 1.29 is 21.6 Å². The molecule has 0 radical (unpaired) electrons. The number of sulfonamides is 2. The number of nitrogens with one attached hydrogen (secondary N) is 2. The lowest BCUT2D eigenvalue weighted by molar-refractivity contribution is -0.116. The third kappa shape index (κ3) is 5.76. The number of carbonyl (C=O) groups is 1. The predicted molar refractivity (Wildman–Crippen MR) is 126 cm³/mol. The number of anilines is 3. The van der Waals surface area contributed by atoms with Crippen LogP contribution < -0.4 is 14.3 Å². The molecule has 1 amide bonds. The molecule has 0 spiro atoms. The van der Waals surface area contributed by atoms with Crippen molar-refractivity contribution in [3.63, 3.8) is 0 Å². The molecule has 9 nitrogen and oxygen atoms in total. The normalized spacial score (nSPS) is 12.7. The summed E-state index contributed by atoms with van der Waals surface area (Å²) >= 11 is 7.01. The van der Waals surface area contributed by atoms with Crippen LogP contribution in [0.5, 0.6) is 0 Å².